The van der Waals surface area contributed by atoms with Crippen LogP contribution in [0.5, 0.6) is 0 Å². The maximum atomic E-state index is 13.6. The van der Waals surface area contributed by atoms with Crippen molar-refractivity contribution in [2.24, 2.45) is 0 Å². The first-order chi connectivity index (χ1) is 14.1. The number of benzene rings is 2. The third-order valence-electron chi connectivity index (χ3n) is 4.06. The molecule has 0 spiro atoms. The molecule has 0 saturated heterocycles. The number of amides is 1. The van der Waals surface area contributed by atoms with Gasteiger partial charge >= 0.3 is 0 Å². The fraction of sp³-hybridized carbons (Fsp3) is 0.111. The largest absolute Gasteiger partial charge is 0.322 e. The molecule has 0 fully saturated rings. The zero-order valence-corrected chi connectivity index (χ0v) is 16.1. The van der Waals surface area contributed by atoms with E-state index in [1.54, 1.807) is 0 Å². The number of nitrogens with zero attached hydrogens (tertiary/aromatic N) is 2. The highest BCUT2D eigenvalue weighted by molar-refractivity contribution is 7.89. The number of aromatic nitrogens is 2. The van der Waals surface area contributed by atoms with E-state index in [9.17, 15) is 30.8 Å². The van der Waals surface area contributed by atoms with Crippen LogP contribution in [0.1, 0.15) is 5.69 Å². The molecule has 0 aliphatic rings. The molecule has 3 rings (SSSR count). The molecule has 0 unspecified atom stereocenters. The number of carbonyl (C=O) groups excluding carboxylic acids is 1. The number of anilines is 1. The summed E-state index contributed by atoms with van der Waals surface area (Å²) < 4.78 is 81.0. The van der Waals surface area contributed by atoms with E-state index in [0.717, 1.165) is 12.3 Å². The van der Waals surface area contributed by atoms with Crippen LogP contribution in [0, 0.1) is 30.2 Å². The van der Waals surface area contributed by atoms with Gasteiger partial charge in [-0.15, -0.1) is 0 Å². The van der Waals surface area contributed by atoms with Gasteiger partial charge in [0.05, 0.1) is 29.8 Å². The maximum absolute atomic E-state index is 13.6. The van der Waals surface area contributed by atoms with Crippen molar-refractivity contribution in [3.8, 4) is 5.69 Å². The minimum absolute atomic E-state index is 0.196. The number of sulfonamides is 1. The van der Waals surface area contributed by atoms with Crippen molar-refractivity contribution in [1.29, 1.82) is 0 Å². The minimum atomic E-state index is -4.19. The van der Waals surface area contributed by atoms with Crippen molar-refractivity contribution in [3.05, 3.63) is 71.6 Å². The molecule has 30 heavy (non-hydrogen) atoms. The number of halogens is 4. The average Bonchev–Trinajstić information content (AvgIpc) is 3.10. The molecule has 0 atom stereocenters. The first kappa shape index (κ1) is 21.5. The molecule has 2 aromatic carbocycles. The van der Waals surface area contributed by atoms with Crippen LogP contribution >= 0.6 is 0 Å². The molecule has 3 aromatic rings. The molecule has 12 heteroatoms. The van der Waals surface area contributed by atoms with Crippen molar-refractivity contribution >= 4 is 21.6 Å². The van der Waals surface area contributed by atoms with Gasteiger partial charge in [0, 0.05) is 0 Å². The Morgan fingerprint density at radius 2 is 1.70 bits per heavy atom. The lowest BCUT2D eigenvalue weighted by Gasteiger charge is -2.09. The summed E-state index contributed by atoms with van der Waals surface area (Å²) in [5.41, 5.74) is -0.0264. The molecule has 2 N–H and O–H groups in total. The molecular formula is C18H14F4N4O3S. The van der Waals surface area contributed by atoms with Gasteiger partial charge in [-0.25, -0.2) is 35.4 Å². The van der Waals surface area contributed by atoms with Crippen LogP contribution in [0.15, 0.2) is 47.5 Å². The summed E-state index contributed by atoms with van der Waals surface area (Å²) in [6, 6.07) is 6.60. The molecule has 0 bridgehead atoms. The van der Waals surface area contributed by atoms with E-state index in [-0.39, 0.29) is 10.6 Å². The van der Waals surface area contributed by atoms with Crippen LogP contribution in [0.25, 0.3) is 5.69 Å². The SMILES string of the molecule is Cc1c(S(=O)(=O)NCC(=O)Nc2ccc(F)c(F)c2F)cnn1-c1ccc(F)cc1. The van der Waals surface area contributed by atoms with Gasteiger partial charge in [0.15, 0.2) is 17.5 Å². The molecule has 1 amide bonds. The molecular weight excluding hydrogens is 428 g/mol. The van der Waals surface area contributed by atoms with Gasteiger partial charge in [0.1, 0.15) is 10.7 Å². The van der Waals surface area contributed by atoms with Gasteiger partial charge in [-0.05, 0) is 43.3 Å². The van der Waals surface area contributed by atoms with Gasteiger partial charge in [0.25, 0.3) is 0 Å². The second kappa shape index (κ2) is 8.24. The van der Waals surface area contributed by atoms with Crippen LogP contribution in [0.2, 0.25) is 0 Å². The van der Waals surface area contributed by atoms with Crippen molar-refractivity contribution in [1.82, 2.24) is 14.5 Å². The number of nitrogens with one attached hydrogen (secondary N) is 2. The Kier molecular flexibility index (Phi) is 5.89. The van der Waals surface area contributed by atoms with Crippen LogP contribution in [-0.4, -0.2) is 30.7 Å². The van der Waals surface area contributed by atoms with E-state index in [0.29, 0.717) is 11.8 Å². The Morgan fingerprint density at radius 3 is 2.37 bits per heavy atom. The van der Waals surface area contributed by atoms with E-state index < -0.39 is 51.4 Å². The number of hydrogen-bond donors (Lipinski definition) is 2. The van der Waals surface area contributed by atoms with Gasteiger partial charge in [-0.3, -0.25) is 4.79 Å². The maximum Gasteiger partial charge on any atom is 0.244 e. The van der Waals surface area contributed by atoms with E-state index in [4.69, 9.17) is 0 Å². The van der Waals surface area contributed by atoms with Crippen molar-refractivity contribution in [2.75, 3.05) is 11.9 Å². The monoisotopic (exact) mass is 442 g/mol. The van der Waals surface area contributed by atoms with Crippen LogP contribution in [0.3, 0.4) is 0 Å². The van der Waals surface area contributed by atoms with Crippen molar-refractivity contribution < 1.29 is 30.8 Å². The van der Waals surface area contributed by atoms with Crippen molar-refractivity contribution in [3.63, 3.8) is 0 Å². The predicted octanol–water partition coefficient (Wildman–Crippen LogP) is 2.65. The van der Waals surface area contributed by atoms with Crippen LogP contribution in [-0.2, 0) is 14.8 Å². The third kappa shape index (κ3) is 4.33. The highest BCUT2D eigenvalue weighted by Crippen LogP contribution is 2.20. The zero-order chi connectivity index (χ0) is 22.1. The van der Waals surface area contributed by atoms with Crippen LogP contribution < -0.4 is 10.0 Å². The molecule has 7 nitrogen and oxygen atoms in total. The lowest BCUT2D eigenvalue weighted by atomic mass is 10.3. The first-order valence-electron chi connectivity index (χ1n) is 8.33. The zero-order valence-electron chi connectivity index (χ0n) is 15.3. The molecule has 0 aliphatic carbocycles. The molecule has 1 heterocycles. The Morgan fingerprint density at radius 1 is 1.03 bits per heavy atom. The molecule has 158 valence electrons. The average molecular weight is 442 g/mol. The topological polar surface area (TPSA) is 93.1 Å². The molecule has 0 radical (unpaired) electrons. The van der Waals surface area contributed by atoms with Gasteiger partial charge in [-0.1, -0.05) is 0 Å². The summed E-state index contributed by atoms with van der Waals surface area (Å²) in [6.07, 6.45) is 1.05. The second-order valence-electron chi connectivity index (χ2n) is 6.08. The Labute approximate surface area is 168 Å². The van der Waals surface area contributed by atoms with Crippen LogP contribution in [0.4, 0.5) is 23.2 Å². The Balaban J connectivity index is 1.72. The Hall–Kier alpha value is -3.25. The summed E-state index contributed by atoms with van der Waals surface area (Å²) in [5.74, 6) is -6.28. The second-order valence-corrected chi connectivity index (χ2v) is 7.81. The summed E-state index contributed by atoms with van der Waals surface area (Å²) in [7, 11) is -4.19. The van der Waals surface area contributed by atoms with E-state index in [1.807, 2.05) is 10.0 Å². The molecule has 1 aromatic heterocycles. The summed E-state index contributed by atoms with van der Waals surface area (Å²) in [5, 5.41) is 5.90. The van der Waals surface area contributed by atoms with Gasteiger partial charge in [0.2, 0.25) is 15.9 Å². The predicted molar refractivity (Wildman–Crippen MR) is 98.4 cm³/mol. The number of hydrogen-bond acceptors (Lipinski definition) is 4. The third-order valence-corrected chi connectivity index (χ3v) is 5.56. The van der Waals surface area contributed by atoms with Gasteiger partial charge < -0.3 is 5.32 Å². The molecule has 0 aliphatic heterocycles. The number of carbonyl (C=O) groups is 1. The molecule has 0 saturated carbocycles. The first-order valence-corrected chi connectivity index (χ1v) is 9.82. The normalized spacial score (nSPS) is 11.5. The summed E-state index contributed by atoms with van der Waals surface area (Å²) in [6.45, 7) is 0.656. The minimum Gasteiger partial charge on any atom is -0.322 e. The van der Waals surface area contributed by atoms with E-state index in [2.05, 4.69) is 5.10 Å². The smallest absolute Gasteiger partial charge is 0.244 e. The highest BCUT2D eigenvalue weighted by Gasteiger charge is 2.23. The summed E-state index contributed by atoms with van der Waals surface area (Å²) in [4.78, 5) is 11.7. The Bertz CT molecular complexity index is 1210. The van der Waals surface area contributed by atoms with Gasteiger partial charge in [-0.2, -0.15) is 5.10 Å². The fourth-order valence-corrected chi connectivity index (χ4v) is 3.69. The number of rotatable bonds is 6. The van der Waals surface area contributed by atoms with E-state index in [1.165, 1.54) is 35.9 Å². The highest BCUT2D eigenvalue weighted by atomic mass is 32.2. The fourth-order valence-electron chi connectivity index (χ4n) is 2.56. The van der Waals surface area contributed by atoms with E-state index >= 15 is 0 Å². The standard InChI is InChI=1S/C18H14F4N4O3S/c1-10-15(8-23-26(10)12-4-2-11(19)3-5-12)30(28,29)24-9-16(27)25-14-7-6-13(20)17(21)18(14)22/h2-8,24H,9H2,1H3,(H,25,27). The summed E-state index contributed by atoms with van der Waals surface area (Å²) >= 11 is 0. The van der Waals surface area contributed by atoms with Crippen molar-refractivity contribution in [2.45, 2.75) is 11.8 Å². The quantitative estimate of drug-likeness (QED) is 0.454. The lowest BCUT2D eigenvalue weighted by Crippen LogP contribution is -2.33. The lowest BCUT2D eigenvalue weighted by molar-refractivity contribution is -0.115.